The Balaban J connectivity index is 1.69. The summed E-state index contributed by atoms with van der Waals surface area (Å²) in [6.45, 7) is 4.22. The van der Waals surface area contributed by atoms with E-state index in [0.717, 1.165) is 25.7 Å². The van der Waals surface area contributed by atoms with Gasteiger partial charge >= 0.3 is 0 Å². The van der Waals surface area contributed by atoms with Gasteiger partial charge in [0, 0.05) is 35.9 Å². The van der Waals surface area contributed by atoms with E-state index >= 15 is 0 Å². The number of fused-ring (bicyclic) bond motifs is 1. The molecule has 0 saturated heterocycles. The Bertz CT molecular complexity index is 1280. The molecule has 0 radical (unpaired) electrons. The molecule has 9 heteroatoms. The number of nitrogens with zero attached hydrogens (tertiary/aromatic N) is 4. The van der Waals surface area contributed by atoms with E-state index in [1.165, 1.54) is 13.0 Å². The van der Waals surface area contributed by atoms with Crippen molar-refractivity contribution in [1.82, 2.24) is 19.4 Å². The predicted molar refractivity (Wildman–Crippen MR) is 130 cm³/mol. The monoisotopic (exact) mass is 467 g/mol. The lowest BCUT2D eigenvalue weighted by molar-refractivity contribution is 0.101. The number of aromatic nitrogens is 3. The van der Waals surface area contributed by atoms with Gasteiger partial charge in [0.05, 0.1) is 5.56 Å². The van der Waals surface area contributed by atoms with Crippen molar-refractivity contribution >= 4 is 28.5 Å². The number of aryl methyl sites for hydroxylation is 1. The van der Waals surface area contributed by atoms with E-state index in [0.29, 0.717) is 35.4 Å². The summed E-state index contributed by atoms with van der Waals surface area (Å²) in [7, 11) is 3.84. The fourth-order valence-electron chi connectivity index (χ4n) is 4.47. The lowest BCUT2D eigenvalue weighted by atomic mass is 10.0. The van der Waals surface area contributed by atoms with Crippen molar-refractivity contribution in [2.75, 3.05) is 32.6 Å². The Morgan fingerprint density at radius 1 is 1.29 bits per heavy atom. The molecule has 0 aliphatic heterocycles. The Labute approximate surface area is 197 Å². The van der Waals surface area contributed by atoms with Gasteiger partial charge in [-0.2, -0.15) is 4.98 Å². The van der Waals surface area contributed by atoms with E-state index in [1.54, 1.807) is 29.8 Å². The van der Waals surface area contributed by atoms with Crippen LogP contribution in [0.4, 0.5) is 16.0 Å². The molecule has 1 aliphatic rings. The second-order valence-corrected chi connectivity index (χ2v) is 9.02. The molecule has 8 nitrogen and oxygen atoms in total. The minimum Gasteiger partial charge on any atom is -0.489 e. The van der Waals surface area contributed by atoms with Crippen molar-refractivity contribution in [1.29, 1.82) is 0 Å². The van der Waals surface area contributed by atoms with Crippen molar-refractivity contribution in [3.8, 4) is 5.75 Å². The number of likely N-dealkylation sites (N-methyl/N-ethyl adjacent to an activating group) is 1. The second-order valence-electron chi connectivity index (χ2n) is 9.02. The number of Topliss-reactive ketones (excluding diaryl/α,β-unsaturated/α-hetero) is 1. The Hall–Kier alpha value is -3.33. The summed E-state index contributed by atoms with van der Waals surface area (Å²) in [6.07, 6.45) is 5.40. The van der Waals surface area contributed by atoms with Crippen molar-refractivity contribution in [2.24, 2.45) is 0 Å². The number of ketones is 1. The van der Waals surface area contributed by atoms with Crippen LogP contribution >= 0.6 is 0 Å². The molecular formula is C25H30FN5O3. The molecule has 180 valence electrons. The average molecular weight is 468 g/mol. The van der Waals surface area contributed by atoms with Crippen molar-refractivity contribution in [3.05, 3.63) is 51.7 Å². The van der Waals surface area contributed by atoms with Gasteiger partial charge in [0.15, 0.2) is 17.3 Å². The zero-order valence-corrected chi connectivity index (χ0v) is 20.0. The quantitative estimate of drug-likeness (QED) is 0.496. The molecule has 1 fully saturated rings. The van der Waals surface area contributed by atoms with Crippen LogP contribution in [0.2, 0.25) is 0 Å². The van der Waals surface area contributed by atoms with Crippen LogP contribution in [0.3, 0.4) is 0 Å². The molecule has 1 saturated carbocycles. The summed E-state index contributed by atoms with van der Waals surface area (Å²) in [6, 6.07) is 4.57. The zero-order valence-electron chi connectivity index (χ0n) is 20.0. The van der Waals surface area contributed by atoms with Crippen LogP contribution in [0.5, 0.6) is 5.75 Å². The number of anilines is 2. The smallest absolute Gasteiger partial charge is 0.263 e. The van der Waals surface area contributed by atoms with E-state index in [9.17, 15) is 14.0 Å². The van der Waals surface area contributed by atoms with Crippen LogP contribution in [0.25, 0.3) is 11.0 Å². The summed E-state index contributed by atoms with van der Waals surface area (Å²) < 4.78 is 21.7. The summed E-state index contributed by atoms with van der Waals surface area (Å²) in [4.78, 5) is 36.5. The third kappa shape index (κ3) is 4.79. The maximum Gasteiger partial charge on any atom is 0.263 e. The number of halogens is 1. The molecule has 0 bridgehead atoms. The standard InChI is InChI=1S/C25H30FN5O3/c1-15-19-14-27-25(28-17-9-10-21(20(26)13-17)34-12-11-30(3)4)29-23(19)31(18-7-5-6-8-18)24(33)22(15)16(2)32/h9-10,13-14,18H,5-8,11-12H2,1-4H3,(H,27,28,29). The summed E-state index contributed by atoms with van der Waals surface area (Å²) >= 11 is 0. The number of rotatable bonds is 8. The highest BCUT2D eigenvalue weighted by Crippen LogP contribution is 2.32. The molecule has 2 aromatic heterocycles. The summed E-state index contributed by atoms with van der Waals surface area (Å²) in [5.41, 5.74) is 1.41. The van der Waals surface area contributed by atoms with Gasteiger partial charge < -0.3 is 15.0 Å². The Kier molecular flexibility index (Phi) is 6.92. The molecule has 1 aliphatic carbocycles. The first-order valence-electron chi connectivity index (χ1n) is 11.5. The first-order chi connectivity index (χ1) is 16.3. The first-order valence-corrected chi connectivity index (χ1v) is 11.5. The Morgan fingerprint density at radius 2 is 2.03 bits per heavy atom. The normalized spacial score (nSPS) is 14.2. The Morgan fingerprint density at radius 3 is 2.68 bits per heavy atom. The number of pyridine rings is 1. The number of hydrogen-bond acceptors (Lipinski definition) is 7. The largest absolute Gasteiger partial charge is 0.489 e. The van der Waals surface area contributed by atoms with Gasteiger partial charge in [0.2, 0.25) is 5.95 Å². The second kappa shape index (κ2) is 9.89. The van der Waals surface area contributed by atoms with E-state index in [1.807, 2.05) is 19.0 Å². The van der Waals surface area contributed by atoms with Crippen molar-refractivity contribution in [2.45, 2.75) is 45.6 Å². The lowest BCUT2D eigenvalue weighted by Gasteiger charge is -2.19. The molecule has 34 heavy (non-hydrogen) atoms. The highest BCUT2D eigenvalue weighted by molar-refractivity contribution is 5.99. The molecule has 4 rings (SSSR count). The molecule has 1 aromatic carbocycles. The third-order valence-electron chi connectivity index (χ3n) is 6.23. The first kappa shape index (κ1) is 23.8. The van der Waals surface area contributed by atoms with Crippen LogP contribution in [0.15, 0.2) is 29.2 Å². The van der Waals surface area contributed by atoms with Gasteiger partial charge in [0.1, 0.15) is 12.3 Å². The fourth-order valence-corrected chi connectivity index (χ4v) is 4.47. The fraction of sp³-hybridized carbons (Fsp3) is 0.440. The van der Waals surface area contributed by atoms with Crippen molar-refractivity contribution < 1.29 is 13.9 Å². The van der Waals surface area contributed by atoms with Gasteiger partial charge in [-0.15, -0.1) is 0 Å². The maximum atomic E-state index is 14.5. The SMILES string of the molecule is CC(=O)c1c(C)c2cnc(Nc3ccc(OCCN(C)C)c(F)c3)nc2n(C2CCCC2)c1=O. The van der Waals surface area contributed by atoms with Crippen LogP contribution in [0.1, 0.15) is 54.6 Å². The molecule has 3 aromatic rings. The highest BCUT2D eigenvalue weighted by atomic mass is 19.1. The number of benzene rings is 1. The average Bonchev–Trinajstić information content (AvgIpc) is 3.29. The van der Waals surface area contributed by atoms with Gasteiger partial charge in [-0.3, -0.25) is 14.2 Å². The highest BCUT2D eigenvalue weighted by Gasteiger charge is 2.25. The molecule has 0 unspecified atom stereocenters. The molecule has 0 atom stereocenters. The number of carbonyl (C=O) groups excluding carboxylic acids is 1. The third-order valence-corrected chi connectivity index (χ3v) is 6.23. The lowest BCUT2D eigenvalue weighted by Crippen LogP contribution is -2.30. The number of ether oxygens (including phenoxy) is 1. The van der Waals surface area contributed by atoms with E-state index in [2.05, 4.69) is 15.3 Å². The predicted octanol–water partition coefficient (Wildman–Crippen LogP) is 4.24. The maximum absolute atomic E-state index is 14.5. The molecular weight excluding hydrogens is 437 g/mol. The van der Waals surface area contributed by atoms with Crippen molar-refractivity contribution in [3.63, 3.8) is 0 Å². The minimum absolute atomic E-state index is 0.00695. The van der Waals surface area contributed by atoms with E-state index in [-0.39, 0.29) is 34.6 Å². The van der Waals surface area contributed by atoms with Gasteiger partial charge in [-0.1, -0.05) is 12.8 Å². The number of nitrogens with one attached hydrogen (secondary N) is 1. The summed E-state index contributed by atoms with van der Waals surface area (Å²) in [5.74, 6) is -0.334. The zero-order chi connectivity index (χ0) is 24.4. The van der Waals surface area contributed by atoms with Gasteiger partial charge in [0.25, 0.3) is 5.56 Å². The number of carbonyl (C=O) groups is 1. The van der Waals surface area contributed by atoms with E-state index in [4.69, 9.17) is 4.74 Å². The molecule has 1 N–H and O–H groups in total. The van der Waals surface area contributed by atoms with Crippen LogP contribution in [0, 0.1) is 12.7 Å². The van der Waals surface area contributed by atoms with Gasteiger partial charge in [-0.05, 0) is 58.5 Å². The minimum atomic E-state index is -0.491. The summed E-state index contributed by atoms with van der Waals surface area (Å²) in [5, 5.41) is 3.69. The van der Waals surface area contributed by atoms with E-state index < -0.39 is 5.82 Å². The topological polar surface area (TPSA) is 89.3 Å². The molecule has 2 heterocycles. The molecule has 0 amide bonds. The molecule has 0 spiro atoms. The van der Waals surface area contributed by atoms with Gasteiger partial charge in [-0.25, -0.2) is 9.37 Å². The van der Waals surface area contributed by atoms with Crippen LogP contribution < -0.4 is 15.6 Å². The van der Waals surface area contributed by atoms with Crippen LogP contribution in [-0.4, -0.2) is 52.5 Å². The number of hydrogen-bond donors (Lipinski definition) is 1. The van der Waals surface area contributed by atoms with Crippen LogP contribution in [-0.2, 0) is 0 Å².